The first-order chi connectivity index (χ1) is 16.0. The van der Waals surface area contributed by atoms with Gasteiger partial charge >= 0.3 is 0 Å². The van der Waals surface area contributed by atoms with Crippen molar-refractivity contribution in [1.82, 2.24) is 0 Å². The van der Waals surface area contributed by atoms with E-state index in [2.05, 4.69) is 31.9 Å². The van der Waals surface area contributed by atoms with Crippen LogP contribution in [0.4, 0.5) is 0 Å². The summed E-state index contributed by atoms with van der Waals surface area (Å²) in [5.74, 6) is 1.15. The molecule has 1 atom stereocenters. The van der Waals surface area contributed by atoms with Gasteiger partial charge in [-0.05, 0) is 47.4 Å². The Morgan fingerprint density at radius 3 is 2.15 bits per heavy atom. The van der Waals surface area contributed by atoms with Crippen LogP contribution in [0.5, 0.6) is 11.5 Å². The van der Waals surface area contributed by atoms with Crippen molar-refractivity contribution in [2.45, 2.75) is 25.6 Å². The highest BCUT2D eigenvalue weighted by atomic mass is 79.9. The first-order valence-corrected chi connectivity index (χ1v) is 12.0. The Hall–Kier alpha value is -2.42. The standard InChI is InChI=1S/C25H25Br2NO5/c1-31-21-9-7-19(8-10-21)16-32-12-11-20(15-28(29)30)25-23(26)13-22(14-24(25)27)33-17-18-5-3-2-4-6-18/h2-10,13-14,20H,11-12,15-17H2,1H3. The lowest BCUT2D eigenvalue weighted by molar-refractivity contribution is -0.483. The Morgan fingerprint density at radius 1 is 0.909 bits per heavy atom. The van der Waals surface area contributed by atoms with Gasteiger partial charge in [0.05, 0.1) is 19.6 Å². The molecule has 0 spiro atoms. The fraction of sp³-hybridized carbons (Fsp3) is 0.280. The van der Waals surface area contributed by atoms with Crippen LogP contribution in [0.3, 0.4) is 0 Å². The van der Waals surface area contributed by atoms with Gasteiger partial charge in [-0.1, -0.05) is 74.3 Å². The van der Waals surface area contributed by atoms with E-state index in [9.17, 15) is 10.1 Å². The second-order valence-electron chi connectivity index (χ2n) is 7.48. The number of hydrogen-bond donors (Lipinski definition) is 0. The van der Waals surface area contributed by atoms with Crippen LogP contribution in [-0.4, -0.2) is 25.2 Å². The van der Waals surface area contributed by atoms with Crippen LogP contribution in [0.15, 0.2) is 75.7 Å². The zero-order valence-corrected chi connectivity index (χ0v) is 21.4. The van der Waals surface area contributed by atoms with Crippen molar-refractivity contribution in [2.75, 3.05) is 20.3 Å². The van der Waals surface area contributed by atoms with Gasteiger partial charge in [-0.25, -0.2) is 0 Å². The number of ether oxygens (including phenoxy) is 3. The Morgan fingerprint density at radius 2 is 1.55 bits per heavy atom. The average molecular weight is 579 g/mol. The SMILES string of the molecule is COc1ccc(COCCC(C[N+](=O)[O-])c2c(Br)cc(OCc3ccccc3)cc2Br)cc1. The molecule has 3 aromatic rings. The van der Waals surface area contributed by atoms with Crippen LogP contribution < -0.4 is 9.47 Å². The summed E-state index contributed by atoms with van der Waals surface area (Å²) >= 11 is 7.18. The molecular weight excluding hydrogens is 554 g/mol. The molecule has 0 fully saturated rings. The van der Waals surface area contributed by atoms with Crippen LogP contribution >= 0.6 is 31.9 Å². The van der Waals surface area contributed by atoms with Gasteiger partial charge in [0.2, 0.25) is 6.54 Å². The van der Waals surface area contributed by atoms with E-state index in [1.54, 1.807) is 7.11 Å². The van der Waals surface area contributed by atoms with E-state index in [0.717, 1.165) is 31.4 Å². The van der Waals surface area contributed by atoms with Crippen molar-refractivity contribution in [3.05, 3.63) is 102 Å². The molecule has 8 heteroatoms. The molecule has 0 aliphatic rings. The van der Waals surface area contributed by atoms with Gasteiger partial charge in [0, 0.05) is 20.5 Å². The summed E-state index contributed by atoms with van der Waals surface area (Å²) in [5, 5.41) is 11.3. The summed E-state index contributed by atoms with van der Waals surface area (Å²) in [6.07, 6.45) is 0.512. The van der Waals surface area contributed by atoms with E-state index >= 15 is 0 Å². The monoisotopic (exact) mass is 577 g/mol. The van der Waals surface area contributed by atoms with Gasteiger partial charge in [-0.3, -0.25) is 10.1 Å². The van der Waals surface area contributed by atoms with Crippen molar-refractivity contribution in [1.29, 1.82) is 0 Å². The van der Waals surface area contributed by atoms with Crippen LogP contribution in [0.2, 0.25) is 0 Å². The molecule has 6 nitrogen and oxygen atoms in total. The second-order valence-corrected chi connectivity index (χ2v) is 9.19. The number of benzene rings is 3. The fourth-order valence-electron chi connectivity index (χ4n) is 3.42. The van der Waals surface area contributed by atoms with Gasteiger partial charge in [0.25, 0.3) is 0 Å². The quantitative estimate of drug-likeness (QED) is 0.135. The first-order valence-electron chi connectivity index (χ1n) is 10.4. The minimum atomic E-state index is -0.317. The normalized spacial score (nSPS) is 11.7. The molecule has 3 aromatic carbocycles. The summed E-state index contributed by atoms with van der Waals surface area (Å²) in [5.41, 5.74) is 2.92. The highest BCUT2D eigenvalue weighted by Crippen LogP contribution is 2.38. The highest BCUT2D eigenvalue weighted by Gasteiger charge is 2.24. The number of rotatable bonds is 12. The molecule has 33 heavy (non-hydrogen) atoms. The van der Waals surface area contributed by atoms with E-state index in [4.69, 9.17) is 14.2 Å². The molecule has 0 aliphatic carbocycles. The largest absolute Gasteiger partial charge is 0.497 e. The van der Waals surface area contributed by atoms with Crippen molar-refractivity contribution in [2.24, 2.45) is 0 Å². The molecule has 0 radical (unpaired) electrons. The van der Waals surface area contributed by atoms with Crippen molar-refractivity contribution < 1.29 is 19.1 Å². The summed E-state index contributed by atoms with van der Waals surface area (Å²) in [6, 6.07) is 21.2. The molecule has 0 amide bonds. The lowest BCUT2D eigenvalue weighted by atomic mass is 9.96. The van der Waals surface area contributed by atoms with E-state index in [1.165, 1.54) is 0 Å². The van der Waals surface area contributed by atoms with Gasteiger partial charge in [-0.2, -0.15) is 0 Å². The Labute approximate surface area is 210 Å². The van der Waals surface area contributed by atoms with Crippen LogP contribution in [0, 0.1) is 10.1 Å². The minimum absolute atomic E-state index is 0.187. The maximum atomic E-state index is 11.3. The Kier molecular flexibility index (Phi) is 9.72. The highest BCUT2D eigenvalue weighted by molar-refractivity contribution is 9.11. The molecule has 0 N–H and O–H groups in total. The lowest BCUT2D eigenvalue weighted by Crippen LogP contribution is -2.16. The third-order valence-corrected chi connectivity index (χ3v) is 6.43. The zero-order valence-electron chi connectivity index (χ0n) is 18.2. The lowest BCUT2D eigenvalue weighted by Gasteiger charge is -2.18. The molecule has 0 aliphatic heterocycles. The number of methoxy groups -OCH3 is 1. The van der Waals surface area contributed by atoms with Crippen LogP contribution in [0.25, 0.3) is 0 Å². The Bertz CT molecular complexity index is 1020. The number of hydrogen-bond acceptors (Lipinski definition) is 5. The van der Waals surface area contributed by atoms with E-state index < -0.39 is 0 Å². The average Bonchev–Trinajstić information content (AvgIpc) is 2.80. The van der Waals surface area contributed by atoms with Gasteiger partial charge in [0.15, 0.2) is 0 Å². The molecular formula is C25H25Br2NO5. The van der Waals surface area contributed by atoms with E-state index in [-0.39, 0.29) is 17.4 Å². The number of nitro groups is 1. The van der Waals surface area contributed by atoms with Crippen molar-refractivity contribution in [3.63, 3.8) is 0 Å². The zero-order chi connectivity index (χ0) is 23.6. The summed E-state index contributed by atoms with van der Waals surface area (Å²) in [7, 11) is 1.62. The predicted molar refractivity (Wildman–Crippen MR) is 134 cm³/mol. The van der Waals surface area contributed by atoms with Crippen molar-refractivity contribution in [3.8, 4) is 11.5 Å². The van der Waals surface area contributed by atoms with Gasteiger partial charge in [-0.15, -0.1) is 0 Å². The van der Waals surface area contributed by atoms with Gasteiger partial charge < -0.3 is 14.2 Å². The summed E-state index contributed by atoms with van der Waals surface area (Å²) in [6.45, 7) is 1.09. The number of halogens is 2. The van der Waals surface area contributed by atoms with Crippen molar-refractivity contribution >= 4 is 31.9 Å². The van der Waals surface area contributed by atoms with Crippen LogP contribution in [0.1, 0.15) is 29.0 Å². The predicted octanol–water partition coefficient (Wildman–Crippen LogP) is 6.77. The molecule has 0 saturated carbocycles. The van der Waals surface area contributed by atoms with Gasteiger partial charge in [0.1, 0.15) is 18.1 Å². The molecule has 0 heterocycles. The number of nitrogens with zero attached hydrogens (tertiary/aromatic N) is 1. The maximum Gasteiger partial charge on any atom is 0.210 e. The maximum absolute atomic E-state index is 11.3. The molecule has 3 rings (SSSR count). The smallest absolute Gasteiger partial charge is 0.210 e. The Balaban J connectivity index is 1.63. The molecule has 0 aromatic heterocycles. The van der Waals surface area contributed by atoms with E-state index in [0.29, 0.717) is 32.0 Å². The first kappa shape index (κ1) is 25.2. The summed E-state index contributed by atoms with van der Waals surface area (Å²) in [4.78, 5) is 11.1. The van der Waals surface area contributed by atoms with Crippen LogP contribution in [-0.2, 0) is 18.0 Å². The third-order valence-electron chi connectivity index (χ3n) is 5.12. The molecule has 174 valence electrons. The topological polar surface area (TPSA) is 70.8 Å². The minimum Gasteiger partial charge on any atom is -0.497 e. The summed E-state index contributed by atoms with van der Waals surface area (Å²) < 4.78 is 18.4. The fourth-order valence-corrected chi connectivity index (χ4v) is 5.21. The second kappa shape index (κ2) is 12.7. The van der Waals surface area contributed by atoms with E-state index in [1.807, 2.05) is 66.7 Å². The molecule has 1 unspecified atom stereocenters. The molecule has 0 saturated heterocycles. The molecule has 0 bridgehead atoms. The third kappa shape index (κ3) is 7.84.